The van der Waals surface area contributed by atoms with Crippen molar-refractivity contribution < 1.29 is 45.4 Å². The van der Waals surface area contributed by atoms with Crippen molar-refractivity contribution in [3.63, 3.8) is 0 Å². The first-order valence-corrected chi connectivity index (χ1v) is 26.2. The van der Waals surface area contributed by atoms with Crippen LogP contribution in [0.25, 0.3) is 33.1 Å². The van der Waals surface area contributed by atoms with E-state index in [1.807, 2.05) is 48.5 Å². The zero-order valence-corrected chi connectivity index (χ0v) is 47.5. The molecule has 12 heteroatoms. The van der Waals surface area contributed by atoms with E-state index in [-0.39, 0.29) is 21.7 Å². The average Bonchev–Trinajstić information content (AvgIpc) is 3.59. The number of hydrogen-bond acceptors (Lipinski definition) is 10. The molecule has 0 N–H and O–H groups in total. The monoisotopic (exact) mass is 994 g/mol. The average molecular weight is 995 g/mol. The third-order valence-electron chi connectivity index (χ3n) is 12.7. The Bertz CT molecular complexity index is 2910. The van der Waals surface area contributed by atoms with Crippen LogP contribution >= 0.6 is 16.8 Å². The molecule has 2 heterocycles. The van der Waals surface area contributed by atoms with E-state index in [2.05, 4.69) is 137 Å². The van der Waals surface area contributed by atoms with E-state index in [1.54, 1.807) is 28.4 Å². The highest BCUT2D eigenvalue weighted by Crippen LogP contribution is 2.60. The molecule has 1 atom stereocenters. The Hall–Kier alpha value is -5.17. The van der Waals surface area contributed by atoms with Gasteiger partial charge in [-0.15, -0.1) is 0 Å². The normalized spacial score (nSPS) is 14.5. The Morgan fingerprint density at radius 2 is 0.743 bits per heavy atom. The molecule has 378 valence electrons. The summed E-state index contributed by atoms with van der Waals surface area (Å²) in [5, 5.41) is 1.62. The van der Waals surface area contributed by atoms with Crippen molar-refractivity contribution in [1.82, 2.24) is 0 Å². The van der Waals surface area contributed by atoms with E-state index in [0.717, 1.165) is 44.2 Å². The van der Waals surface area contributed by atoms with Crippen molar-refractivity contribution in [1.29, 1.82) is 0 Å². The summed E-state index contributed by atoms with van der Waals surface area (Å²) < 4.78 is 66.8. The van der Waals surface area contributed by atoms with Gasteiger partial charge in [0.25, 0.3) is 0 Å². The maximum atomic E-state index is 7.46. The highest BCUT2D eigenvalue weighted by molar-refractivity contribution is 7.43. The molecule has 7 rings (SSSR count). The molecule has 0 fully saturated rings. The first-order valence-electron chi connectivity index (χ1n) is 24.0. The molecule has 5 aromatic carbocycles. The van der Waals surface area contributed by atoms with Crippen molar-refractivity contribution in [2.24, 2.45) is 0 Å². The Morgan fingerprint density at radius 1 is 0.371 bits per heavy atom. The maximum Gasteiger partial charge on any atom is 0.530 e. The van der Waals surface area contributed by atoms with Crippen LogP contribution in [0.1, 0.15) is 158 Å². The lowest BCUT2D eigenvalue weighted by Gasteiger charge is -2.28. The van der Waals surface area contributed by atoms with E-state index < -0.39 is 27.7 Å². The van der Waals surface area contributed by atoms with Crippen LogP contribution in [0, 0.1) is 0 Å². The predicted octanol–water partition coefficient (Wildman–Crippen LogP) is 17.7. The summed E-state index contributed by atoms with van der Waals surface area (Å²) in [6.45, 7) is 39.1. The number of fused-ring (bicyclic) bond motifs is 4. The van der Waals surface area contributed by atoms with Gasteiger partial charge in [-0.05, 0) is 92.7 Å². The van der Waals surface area contributed by atoms with Crippen molar-refractivity contribution in [3.8, 4) is 57.1 Å². The molecule has 0 saturated carbocycles. The number of rotatable bonds is 9. The minimum Gasteiger partial charge on any atom is -0.497 e. The standard InChI is InChI=1S/C58H76O10P2/c1-53(2,3)33-23-42(54(4,5)6)52-47(24-33)63-69(68-52)64-48-38(25-34(59-19)29-43(48)55(7,8)9)39-26-35(60-20)30-44(56(10,11)12)49(39)65-70-66-50-40(27-36(61-21)31-45(50)57(13,14)15)41-28-37(62-22)32-46(51(41)67-70)58(16,17)18/h23-32H,1-22H3. The van der Waals surface area contributed by atoms with E-state index >= 15 is 0 Å². The van der Waals surface area contributed by atoms with Crippen molar-refractivity contribution in [3.05, 3.63) is 94.0 Å². The van der Waals surface area contributed by atoms with Crippen LogP contribution in [0.15, 0.2) is 69.1 Å². The molecule has 6 aromatic rings. The molecule has 1 unspecified atom stereocenters. The van der Waals surface area contributed by atoms with Gasteiger partial charge in [0.1, 0.15) is 45.7 Å². The lowest BCUT2D eigenvalue weighted by molar-refractivity contribution is 0.404. The smallest absolute Gasteiger partial charge is 0.497 e. The van der Waals surface area contributed by atoms with Crippen molar-refractivity contribution >= 4 is 38.8 Å². The van der Waals surface area contributed by atoms with Crippen LogP contribution in [0.4, 0.5) is 0 Å². The lowest BCUT2D eigenvalue weighted by Crippen LogP contribution is -2.16. The highest BCUT2D eigenvalue weighted by atomic mass is 31.2. The molecule has 0 amide bonds. The molecule has 0 bridgehead atoms. The molecule has 1 aliphatic rings. The van der Waals surface area contributed by atoms with E-state index in [9.17, 15) is 0 Å². The summed E-state index contributed by atoms with van der Waals surface area (Å²) in [5.41, 5.74) is 6.44. The molecule has 0 saturated heterocycles. The molecule has 70 heavy (non-hydrogen) atoms. The van der Waals surface area contributed by atoms with Gasteiger partial charge >= 0.3 is 16.8 Å². The van der Waals surface area contributed by atoms with E-state index in [0.29, 0.717) is 68.3 Å². The molecular weight excluding hydrogens is 919 g/mol. The molecule has 0 aliphatic carbocycles. The SMILES string of the molecule is COc1cc(-c2cc(OC)cc(C(C)(C)C)c2Op2oc3c(C(C)(C)C)cc(OC)cc3c3cc(OC)cc(C(C)(C)C)c3o2)c(OP2Oc3cc(C(C)(C)C)cc(C(C)(C)C)c3O2)c(C(C)(C)C)c1. The van der Waals surface area contributed by atoms with Crippen LogP contribution in [0.2, 0.25) is 0 Å². The van der Waals surface area contributed by atoms with Gasteiger partial charge in [0.2, 0.25) is 0 Å². The van der Waals surface area contributed by atoms with Gasteiger partial charge in [0.15, 0.2) is 11.5 Å². The minimum atomic E-state index is -2.25. The number of benzene rings is 5. The Labute approximate surface area is 419 Å². The summed E-state index contributed by atoms with van der Waals surface area (Å²) in [5.74, 6) is 5.12. The fourth-order valence-electron chi connectivity index (χ4n) is 8.62. The number of methoxy groups -OCH3 is 4. The predicted molar refractivity (Wildman–Crippen MR) is 288 cm³/mol. The van der Waals surface area contributed by atoms with Crippen LogP contribution in [-0.2, 0) is 32.5 Å². The zero-order valence-electron chi connectivity index (χ0n) is 45.8. The van der Waals surface area contributed by atoms with Gasteiger partial charge in [-0.3, -0.25) is 0 Å². The minimum absolute atomic E-state index is 0.125. The second kappa shape index (κ2) is 18.5. The van der Waals surface area contributed by atoms with Crippen LogP contribution in [0.3, 0.4) is 0 Å². The largest absolute Gasteiger partial charge is 0.530 e. The number of ether oxygens (including phenoxy) is 4. The van der Waals surface area contributed by atoms with Crippen LogP contribution < -0.4 is 37.0 Å². The summed E-state index contributed by atoms with van der Waals surface area (Å²) in [4.78, 5) is 0. The molecule has 1 aromatic heterocycles. The van der Waals surface area contributed by atoms with Gasteiger partial charge in [0, 0.05) is 49.7 Å². The van der Waals surface area contributed by atoms with Gasteiger partial charge in [0.05, 0.1) is 28.4 Å². The number of hydrogen-bond donors (Lipinski definition) is 0. The zero-order chi connectivity index (χ0) is 51.8. The topological polar surface area (TPSA) is 100 Å². The van der Waals surface area contributed by atoms with Crippen LogP contribution in [0.5, 0.6) is 46.0 Å². The molecular formula is C58H76O10P2. The highest BCUT2D eigenvalue weighted by Gasteiger charge is 2.40. The first kappa shape index (κ1) is 52.6. The van der Waals surface area contributed by atoms with Gasteiger partial charge in [-0.2, -0.15) is 0 Å². The Balaban J connectivity index is 1.57. The van der Waals surface area contributed by atoms with Gasteiger partial charge in [-0.1, -0.05) is 131 Å². The fraction of sp³-hybridized carbons (Fsp3) is 0.483. The van der Waals surface area contributed by atoms with Crippen molar-refractivity contribution in [2.75, 3.05) is 28.4 Å². The van der Waals surface area contributed by atoms with Crippen LogP contribution in [-0.4, -0.2) is 28.4 Å². The molecule has 10 nitrogen and oxygen atoms in total. The Morgan fingerprint density at radius 3 is 1.11 bits per heavy atom. The first-order chi connectivity index (χ1) is 32.3. The van der Waals surface area contributed by atoms with Crippen molar-refractivity contribution in [2.45, 2.75) is 157 Å². The molecule has 1 aliphatic heterocycles. The third-order valence-corrected chi connectivity index (χ3v) is 14.7. The molecule has 0 spiro atoms. The van der Waals surface area contributed by atoms with Gasteiger partial charge in [-0.25, -0.2) is 0 Å². The quantitative estimate of drug-likeness (QED) is 0.130. The summed E-state index contributed by atoms with van der Waals surface area (Å²) >= 11 is 0. The van der Waals surface area contributed by atoms with E-state index in [1.165, 1.54) is 0 Å². The fourth-order valence-corrected chi connectivity index (χ4v) is 10.9. The van der Waals surface area contributed by atoms with E-state index in [4.69, 9.17) is 45.4 Å². The lowest BCUT2D eigenvalue weighted by atomic mass is 9.80. The molecule has 0 radical (unpaired) electrons. The second-order valence-corrected chi connectivity index (χ2v) is 26.5. The maximum absolute atomic E-state index is 7.46. The summed E-state index contributed by atoms with van der Waals surface area (Å²) in [7, 11) is 2.48. The Kier molecular flexibility index (Phi) is 13.9. The summed E-state index contributed by atoms with van der Waals surface area (Å²) in [6, 6.07) is 20.4. The van der Waals surface area contributed by atoms with Gasteiger partial charge < -0.3 is 45.4 Å². The summed E-state index contributed by atoms with van der Waals surface area (Å²) in [6.07, 6.45) is 0. The third kappa shape index (κ3) is 10.6. The second-order valence-electron chi connectivity index (χ2n) is 24.6.